The standard InChI is InChI=1S/C22H15ClF3N5O3.C2HF3O2/c1-27-19(32)18-11-15(8-9-28-18)33-14-5-2-12(3-6-14)20-30-31-21(34-20)29-13-4-7-17(23)16(10-13)22(24,25)26;3-2(4,5)1(6)7/h2-11H,1H3,(H,27,32)(H,29,31);(H,6,7). The van der Waals surface area contributed by atoms with Crippen molar-refractivity contribution in [3.8, 4) is 23.0 Å². The number of halogens is 7. The van der Waals surface area contributed by atoms with E-state index in [4.69, 9.17) is 30.7 Å². The number of alkyl halides is 6. The van der Waals surface area contributed by atoms with Crippen molar-refractivity contribution in [2.45, 2.75) is 12.4 Å². The fourth-order valence-corrected chi connectivity index (χ4v) is 3.09. The average Bonchev–Trinajstić information content (AvgIpc) is 3.37. The van der Waals surface area contributed by atoms with Gasteiger partial charge in [-0.2, -0.15) is 26.3 Å². The molecule has 4 rings (SSSR count). The Labute approximate surface area is 230 Å². The molecule has 10 nitrogen and oxygen atoms in total. The summed E-state index contributed by atoms with van der Waals surface area (Å²) in [5.74, 6) is -2.05. The van der Waals surface area contributed by atoms with Crippen molar-refractivity contribution in [3.63, 3.8) is 0 Å². The molecule has 0 bridgehead atoms. The maximum atomic E-state index is 13.0. The monoisotopic (exact) mass is 603 g/mol. The number of nitrogens with zero attached hydrogens (tertiary/aromatic N) is 3. The zero-order valence-electron chi connectivity index (χ0n) is 20.3. The van der Waals surface area contributed by atoms with Crippen LogP contribution in [0.4, 0.5) is 38.0 Å². The second-order valence-corrected chi connectivity index (χ2v) is 8.02. The third-order valence-electron chi connectivity index (χ3n) is 4.72. The summed E-state index contributed by atoms with van der Waals surface area (Å²) < 4.78 is 82.1. The molecule has 2 aromatic carbocycles. The van der Waals surface area contributed by atoms with Crippen LogP contribution in [0.3, 0.4) is 0 Å². The van der Waals surface area contributed by atoms with E-state index in [1.807, 2.05) is 0 Å². The molecule has 0 aliphatic carbocycles. The Bertz CT molecular complexity index is 1530. The normalized spacial score (nSPS) is 11.2. The van der Waals surface area contributed by atoms with Gasteiger partial charge in [-0.1, -0.05) is 16.7 Å². The molecule has 2 aromatic heterocycles. The predicted octanol–water partition coefficient (Wildman–Crippen LogP) is 6.33. The molecule has 1 amide bonds. The van der Waals surface area contributed by atoms with Crippen LogP contribution in [0.2, 0.25) is 5.02 Å². The lowest BCUT2D eigenvalue weighted by Crippen LogP contribution is -2.21. The van der Waals surface area contributed by atoms with Crippen molar-refractivity contribution in [1.29, 1.82) is 0 Å². The van der Waals surface area contributed by atoms with Gasteiger partial charge in [-0.3, -0.25) is 9.78 Å². The largest absolute Gasteiger partial charge is 0.490 e. The summed E-state index contributed by atoms with van der Waals surface area (Å²) >= 11 is 5.63. The lowest BCUT2D eigenvalue weighted by molar-refractivity contribution is -0.192. The molecule has 0 atom stereocenters. The maximum Gasteiger partial charge on any atom is 0.490 e. The van der Waals surface area contributed by atoms with Gasteiger partial charge in [0.25, 0.3) is 5.91 Å². The first-order valence-electron chi connectivity index (χ1n) is 10.9. The minimum absolute atomic E-state index is 0.0872. The van der Waals surface area contributed by atoms with E-state index in [0.717, 1.165) is 12.1 Å². The first kappa shape index (κ1) is 30.7. The van der Waals surface area contributed by atoms with Crippen LogP contribution in [0.1, 0.15) is 16.1 Å². The first-order valence-corrected chi connectivity index (χ1v) is 11.3. The number of rotatable bonds is 6. The quantitative estimate of drug-likeness (QED) is 0.216. The average molecular weight is 604 g/mol. The van der Waals surface area contributed by atoms with E-state index < -0.39 is 28.9 Å². The van der Waals surface area contributed by atoms with E-state index in [0.29, 0.717) is 17.1 Å². The van der Waals surface area contributed by atoms with Gasteiger partial charge in [-0.05, 0) is 48.5 Å². The van der Waals surface area contributed by atoms with Gasteiger partial charge in [0, 0.05) is 30.6 Å². The molecule has 0 fully saturated rings. The highest BCUT2D eigenvalue weighted by Gasteiger charge is 2.38. The van der Waals surface area contributed by atoms with Gasteiger partial charge in [0.05, 0.1) is 10.6 Å². The van der Waals surface area contributed by atoms with Crippen molar-refractivity contribution in [1.82, 2.24) is 20.5 Å². The zero-order chi connectivity index (χ0) is 30.4. The van der Waals surface area contributed by atoms with Crippen molar-refractivity contribution < 1.29 is 50.2 Å². The zero-order valence-corrected chi connectivity index (χ0v) is 21.1. The second-order valence-electron chi connectivity index (χ2n) is 7.62. The molecule has 216 valence electrons. The van der Waals surface area contributed by atoms with Gasteiger partial charge in [-0.25, -0.2) is 4.79 Å². The van der Waals surface area contributed by atoms with Crippen molar-refractivity contribution in [2.24, 2.45) is 0 Å². The minimum atomic E-state index is -5.08. The van der Waals surface area contributed by atoms with Gasteiger partial charge in [-0.15, -0.1) is 5.10 Å². The molecule has 0 aliphatic rings. The van der Waals surface area contributed by atoms with E-state index in [9.17, 15) is 31.1 Å². The molecule has 4 aromatic rings. The molecule has 2 heterocycles. The van der Waals surface area contributed by atoms with Gasteiger partial charge >= 0.3 is 24.3 Å². The topological polar surface area (TPSA) is 139 Å². The number of aliphatic carboxylic acids is 1. The highest BCUT2D eigenvalue weighted by Crippen LogP contribution is 2.37. The number of hydrogen-bond donors (Lipinski definition) is 3. The minimum Gasteiger partial charge on any atom is -0.475 e. The number of carboxylic acid groups (broad SMARTS) is 1. The van der Waals surface area contributed by atoms with Crippen molar-refractivity contribution in [3.05, 3.63) is 77.1 Å². The second kappa shape index (κ2) is 12.5. The molecule has 0 aliphatic heterocycles. The highest BCUT2D eigenvalue weighted by atomic mass is 35.5. The summed E-state index contributed by atoms with van der Waals surface area (Å²) in [5, 5.41) is 19.5. The molecule has 0 radical (unpaired) electrons. The summed E-state index contributed by atoms with van der Waals surface area (Å²) in [4.78, 5) is 24.6. The van der Waals surface area contributed by atoms with Crippen LogP contribution in [0.15, 0.2) is 65.2 Å². The van der Waals surface area contributed by atoms with E-state index in [1.165, 1.54) is 25.4 Å². The number of carbonyl (C=O) groups is 2. The number of hydrogen-bond acceptors (Lipinski definition) is 8. The van der Waals surface area contributed by atoms with Crippen LogP contribution in [0.5, 0.6) is 11.5 Å². The van der Waals surface area contributed by atoms with Crippen LogP contribution in [0, 0.1) is 0 Å². The number of ether oxygens (including phenoxy) is 1. The van der Waals surface area contributed by atoms with Crippen molar-refractivity contribution in [2.75, 3.05) is 12.4 Å². The number of benzene rings is 2. The summed E-state index contributed by atoms with van der Waals surface area (Å²) in [5.41, 5.74) is -0.124. The van der Waals surface area contributed by atoms with Crippen LogP contribution in [-0.2, 0) is 11.0 Å². The molecule has 3 N–H and O–H groups in total. The van der Waals surface area contributed by atoms with Crippen LogP contribution >= 0.6 is 11.6 Å². The summed E-state index contributed by atoms with van der Waals surface area (Å²) in [6.07, 6.45) is -8.22. The molecular formula is C24H16ClF6N5O5. The lowest BCUT2D eigenvalue weighted by atomic mass is 10.2. The Kier molecular flexibility index (Phi) is 9.39. The Hall–Kier alpha value is -4.86. The molecular weight excluding hydrogens is 588 g/mol. The third-order valence-corrected chi connectivity index (χ3v) is 5.05. The Morgan fingerprint density at radius 1 is 0.951 bits per heavy atom. The van der Waals surface area contributed by atoms with Gasteiger partial charge in [0.15, 0.2) is 0 Å². The fraction of sp³-hybridized carbons (Fsp3) is 0.125. The Balaban J connectivity index is 0.000000587. The van der Waals surface area contributed by atoms with Gasteiger partial charge in [0.1, 0.15) is 17.2 Å². The molecule has 0 unspecified atom stereocenters. The smallest absolute Gasteiger partial charge is 0.475 e. The number of pyridine rings is 1. The number of carbonyl (C=O) groups excluding carboxylic acids is 1. The van der Waals surface area contributed by atoms with Crippen molar-refractivity contribution >= 4 is 35.2 Å². The Morgan fingerprint density at radius 3 is 2.20 bits per heavy atom. The van der Waals surface area contributed by atoms with E-state index >= 15 is 0 Å². The number of nitrogens with one attached hydrogen (secondary N) is 2. The van der Waals surface area contributed by atoms with Crippen LogP contribution in [-0.4, -0.2) is 45.4 Å². The molecule has 17 heteroatoms. The predicted molar refractivity (Wildman–Crippen MR) is 131 cm³/mol. The summed E-state index contributed by atoms with van der Waals surface area (Å²) in [6.45, 7) is 0. The van der Waals surface area contributed by atoms with E-state index in [1.54, 1.807) is 30.3 Å². The highest BCUT2D eigenvalue weighted by molar-refractivity contribution is 6.31. The van der Waals surface area contributed by atoms with E-state index in [-0.39, 0.29) is 29.2 Å². The SMILES string of the molecule is CNC(=O)c1cc(Oc2ccc(-c3nnc(Nc4ccc(Cl)c(C(F)(F)F)c4)o3)cc2)ccn1.O=C(O)C(F)(F)F. The fourth-order valence-electron chi connectivity index (χ4n) is 2.86. The lowest BCUT2D eigenvalue weighted by Gasteiger charge is -2.10. The number of amides is 1. The summed E-state index contributed by atoms with van der Waals surface area (Å²) in [6, 6.07) is 13.0. The molecule has 0 spiro atoms. The Morgan fingerprint density at radius 2 is 1.61 bits per heavy atom. The summed E-state index contributed by atoms with van der Waals surface area (Å²) in [7, 11) is 1.50. The molecule has 0 saturated heterocycles. The number of anilines is 2. The molecule has 41 heavy (non-hydrogen) atoms. The maximum absolute atomic E-state index is 13.0. The van der Waals surface area contributed by atoms with Crippen LogP contribution in [0.25, 0.3) is 11.5 Å². The van der Waals surface area contributed by atoms with Crippen LogP contribution < -0.4 is 15.4 Å². The van der Waals surface area contributed by atoms with Gasteiger partial charge < -0.3 is 24.9 Å². The molecule has 0 saturated carbocycles. The number of carboxylic acids is 1. The first-order chi connectivity index (χ1) is 19.2. The van der Waals surface area contributed by atoms with E-state index in [2.05, 4.69) is 25.8 Å². The van der Waals surface area contributed by atoms with Gasteiger partial charge in [0.2, 0.25) is 5.89 Å². The third kappa shape index (κ3) is 8.56. The number of aromatic nitrogens is 3.